The summed E-state index contributed by atoms with van der Waals surface area (Å²) in [7, 11) is 2.29. The van der Waals surface area contributed by atoms with E-state index in [2.05, 4.69) is 18.9 Å². The van der Waals surface area contributed by atoms with Gasteiger partial charge in [-0.05, 0) is 38.6 Å². The average molecular weight is 139 g/mol. The van der Waals surface area contributed by atoms with E-state index in [1.165, 1.54) is 32.2 Å². The van der Waals surface area contributed by atoms with Gasteiger partial charge in [0, 0.05) is 12.1 Å². The van der Waals surface area contributed by atoms with E-state index in [1.54, 1.807) is 0 Å². The van der Waals surface area contributed by atoms with Crippen molar-refractivity contribution in [3.8, 4) is 0 Å². The molecule has 1 nitrogen and oxygen atoms in total. The Morgan fingerprint density at radius 2 is 2.10 bits per heavy atom. The first-order valence-electron chi connectivity index (χ1n) is 4.44. The lowest BCUT2D eigenvalue weighted by Gasteiger charge is -2.44. The molecule has 2 aliphatic rings. The van der Waals surface area contributed by atoms with E-state index in [4.69, 9.17) is 0 Å². The summed E-state index contributed by atoms with van der Waals surface area (Å²) in [5.74, 6) is 0.949. The molecule has 2 rings (SSSR count). The third-order valence-electron chi connectivity index (χ3n) is 3.41. The van der Waals surface area contributed by atoms with Crippen molar-refractivity contribution in [3.63, 3.8) is 0 Å². The predicted octanol–water partition coefficient (Wildman–Crippen LogP) is 1.88. The van der Waals surface area contributed by atoms with Gasteiger partial charge in [0.15, 0.2) is 0 Å². The van der Waals surface area contributed by atoms with Crippen molar-refractivity contribution in [2.45, 2.75) is 38.1 Å². The van der Waals surface area contributed by atoms with Gasteiger partial charge in [-0.1, -0.05) is 6.92 Å². The van der Waals surface area contributed by atoms with Crippen LogP contribution in [0.1, 0.15) is 32.6 Å². The molecular formula is C9H17N. The van der Waals surface area contributed by atoms with Crippen molar-refractivity contribution in [3.05, 3.63) is 0 Å². The number of hydrogen-bond donors (Lipinski definition) is 0. The van der Waals surface area contributed by atoms with Crippen LogP contribution in [0.15, 0.2) is 0 Å². The van der Waals surface area contributed by atoms with E-state index in [1.807, 2.05) is 0 Å². The van der Waals surface area contributed by atoms with Crippen LogP contribution in [-0.2, 0) is 0 Å². The summed E-state index contributed by atoms with van der Waals surface area (Å²) in [6.45, 7) is 3.71. The number of nitrogens with zero attached hydrogens (tertiary/aromatic N) is 1. The smallest absolute Gasteiger partial charge is 0.0209 e. The Hall–Kier alpha value is -0.0400. The molecule has 2 fully saturated rings. The van der Waals surface area contributed by atoms with Gasteiger partial charge in [0.2, 0.25) is 0 Å². The SMILES string of the molecule is C[C@H]1CN(C)C2(CCC2)C1. The van der Waals surface area contributed by atoms with Crippen LogP contribution < -0.4 is 0 Å². The van der Waals surface area contributed by atoms with Crippen LogP contribution in [0, 0.1) is 5.92 Å². The third-order valence-corrected chi connectivity index (χ3v) is 3.41. The zero-order chi connectivity index (χ0) is 7.19. The highest BCUT2D eigenvalue weighted by molar-refractivity contribution is 5.02. The maximum Gasteiger partial charge on any atom is 0.0209 e. The molecule has 0 unspecified atom stereocenters. The molecule has 1 aliphatic carbocycles. The van der Waals surface area contributed by atoms with E-state index < -0.39 is 0 Å². The van der Waals surface area contributed by atoms with E-state index >= 15 is 0 Å². The summed E-state index contributed by atoms with van der Waals surface area (Å²) in [5.41, 5.74) is 0.680. The maximum atomic E-state index is 2.58. The molecule has 0 N–H and O–H groups in total. The van der Waals surface area contributed by atoms with E-state index in [-0.39, 0.29) is 0 Å². The molecule has 0 aromatic rings. The first kappa shape index (κ1) is 6.66. The van der Waals surface area contributed by atoms with Crippen molar-refractivity contribution < 1.29 is 0 Å². The molecule has 1 heterocycles. The summed E-state index contributed by atoms with van der Waals surface area (Å²) in [5, 5.41) is 0. The molecule has 0 aromatic carbocycles. The molecule has 58 valence electrons. The van der Waals surface area contributed by atoms with Gasteiger partial charge < -0.3 is 4.90 Å². The van der Waals surface area contributed by atoms with Crippen LogP contribution in [-0.4, -0.2) is 24.0 Å². The minimum Gasteiger partial charge on any atom is -0.300 e. The summed E-state index contributed by atoms with van der Waals surface area (Å²) >= 11 is 0. The van der Waals surface area contributed by atoms with Gasteiger partial charge in [-0.15, -0.1) is 0 Å². The average Bonchev–Trinajstić information content (AvgIpc) is 2.04. The number of hydrogen-bond acceptors (Lipinski definition) is 1. The molecule has 1 heteroatoms. The lowest BCUT2D eigenvalue weighted by atomic mass is 9.74. The van der Waals surface area contributed by atoms with Gasteiger partial charge in [0.1, 0.15) is 0 Å². The minimum atomic E-state index is 0.680. The predicted molar refractivity (Wildman–Crippen MR) is 43.0 cm³/mol. The lowest BCUT2D eigenvalue weighted by molar-refractivity contribution is 0.0800. The first-order chi connectivity index (χ1) is 4.73. The Labute approximate surface area is 63.4 Å². The van der Waals surface area contributed by atoms with Crippen molar-refractivity contribution in [2.24, 2.45) is 5.92 Å². The fraction of sp³-hybridized carbons (Fsp3) is 1.00. The van der Waals surface area contributed by atoms with Crippen LogP contribution in [0.4, 0.5) is 0 Å². The monoisotopic (exact) mass is 139 g/mol. The van der Waals surface area contributed by atoms with Crippen LogP contribution in [0.25, 0.3) is 0 Å². The second-order valence-corrected chi connectivity index (χ2v) is 4.27. The van der Waals surface area contributed by atoms with Gasteiger partial charge >= 0.3 is 0 Å². The van der Waals surface area contributed by atoms with E-state index in [0.29, 0.717) is 5.54 Å². The van der Waals surface area contributed by atoms with Crippen LogP contribution >= 0.6 is 0 Å². The van der Waals surface area contributed by atoms with Gasteiger partial charge in [0.25, 0.3) is 0 Å². The largest absolute Gasteiger partial charge is 0.300 e. The Morgan fingerprint density at radius 1 is 1.40 bits per heavy atom. The third kappa shape index (κ3) is 0.731. The molecule has 1 aliphatic heterocycles. The molecule has 0 radical (unpaired) electrons. The highest BCUT2D eigenvalue weighted by Gasteiger charge is 2.45. The summed E-state index contributed by atoms with van der Waals surface area (Å²) < 4.78 is 0. The molecule has 1 spiro atoms. The van der Waals surface area contributed by atoms with E-state index in [9.17, 15) is 0 Å². The zero-order valence-electron chi connectivity index (χ0n) is 7.06. The molecule has 1 atom stereocenters. The molecule has 0 amide bonds. The lowest BCUT2D eigenvalue weighted by Crippen LogP contribution is -2.46. The van der Waals surface area contributed by atoms with Crippen molar-refractivity contribution in [1.29, 1.82) is 0 Å². The summed E-state index contributed by atoms with van der Waals surface area (Å²) in [4.78, 5) is 2.58. The van der Waals surface area contributed by atoms with Crippen LogP contribution in [0.2, 0.25) is 0 Å². The summed E-state index contributed by atoms with van der Waals surface area (Å²) in [6, 6.07) is 0. The Morgan fingerprint density at radius 3 is 2.30 bits per heavy atom. The van der Waals surface area contributed by atoms with Crippen molar-refractivity contribution in [1.82, 2.24) is 4.90 Å². The van der Waals surface area contributed by atoms with Crippen molar-refractivity contribution in [2.75, 3.05) is 13.6 Å². The topological polar surface area (TPSA) is 3.24 Å². The number of likely N-dealkylation sites (tertiary alicyclic amines) is 1. The first-order valence-corrected chi connectivity index (χ1v) is 4.44. The second kappa shape index (κ2) is 1.97. The highest BCUT2D eigenvalue weighted by Crippen LogP contribution is 2.46. The Kier molecular flexibility index (Phi) is 1.31. The van der Waals surface area contributed by atoms with Gasteiger partial charge in [-0.2, -0.15) is 0 Å². The quantitative estimate of drug-likeness (QED) is 0.495. The van der Waals surface area contributed by atoms with Gasteiger partial charge in [-0.3, -0.25) is 0 Å². The van der Waals surface area contributed by atoms with Crippen LogP contribution in [0.5, 0.6) is 0 Å². The van der Waals surface area contributed by atoms with Gasteiger partial charge in [0.05, 0.1) is 0 Å². The molecule has 0 aromatic heterocycles. The maximum absolute atomic E-state index is 2.58. The zero-order valence-corrected chi connectivity index (χ0v) is 7.06. The number of rotatable bonds is 0. The molecular weight excluding hydrogens is 122 g/mol. The van der Waals surface area contributed by atoms with Gasteiger partial charge in [-0.25, -0.2) is 0 Å². The highest BCUT2D eigenvalue weighted by atomic mass is 15.2. The minimum absolute atomic E-state index is 0.680. The fourth-order valence-corrected chi connectivity index (χ4v) is 2.70. The summed E-state index contributed by atoms with van der Waals surface area (Å²) in [6.07, 6.45) is 5.86. The molecule has 10 heavy (non-hydrogen) atoms. The fourth-order valence-electron chi connectivity index (χ4n) is 2.70. The molecule has 0 bridgehead atoms. The standard InChI is InChI=1S/C9H17N/c1-8-6-9(4-3-5-9)10(2)7-8/h8H,3-7H2,1-2H3/t8-/m1/s1. The second-order valence-electron chi connectivity index (χ2n) is 4.27. The Bertz CT molecular complexity index is 138. The van der Waals surface area contributed by atoms with Crippen LogP contribution in [0.3, 0.4) is 0 Å². The molecule has 1 saturated carbocycles. The Balaban J connectivity index is 2.08. The molecule has 1 saturated heterocycles. The normalized spacial score (nSPS) is 38.4. The van der Waals surface area contributed by atoms with Crippen molar-refractivity contribution >= 4 is 0 Å². The van der Waals surface area contributed by atoms with E-state index in [0.717, 1.165) is 5.92 Å².